The van der Waals surface area contributed by atoms with Crippen LogP contribution in [0.3, 0.4) is 0 Å². The van der Waals surface area contributed by atoms with Gasteiger partial charge in [0.25, 0.3) is 10.0 Å². The number of benzene rings is 3. The highest BCUT2D eigenvalue weighted by Crippen LogP contribution is 2.34. The Balaban J connectivity index is 2.13. The average Bonchev–Trinajstić information content (AvgIpc) is 2.91. The van der Waals surface area contributed by atoms with Crippen LogP contribution in [-0.4, -0.2) is 44.3 Å². The monoisotopic (exact) mass is 629 g/mol. The quantitative estimate of drug-likeness (QED) is 0.295. The lowest BCUT2D eigenvalue weighted by molar-refractivity contribution is -0.139. The lowest BCUT2D eigenvalue weighted by Gasteiger charge is -2.32. The molecule has 1 unspecified atom stereocenters. The summed E-state index contributed by atoms with van der Waals surface area (Å²) in [4.78, 5) is 27.5. The molecule has 0 radical (unpaired) electrons. The molecule has 41 heavy (non-hydrogen) atoms. The number of anilines is 1. The van der Waals surface area contributed by atoms with Crippen LogP contribution in [0.2, 0.25) is 10.0 Å². The molecule has 0 heterocycles. The van der Waals surface area contributed by atoms with Crippen LogP contribution in [0.15, 0.2) is 71.6 Å². The van der Waals surface area contributed by atoms with Crippen LogP contribution in [0.4, 0.5) is 18.9 Å². The Kier molecular flexibility index (Phi) is 10.3. The first-order valence-corrected chi connectivity index (χ1v) is 14.6. The summed E-state index contributed by atoms with van der Waals surface area (Å²) >= 11 is 12.6. The molecule has 0 fully saturated rings. The predicted octanol–water partition coefficient (Wildman–Crippen LogP) is 6.07. The van der Waals surface area contributed by atoms with Gasteiger partial charge in [-0.05, 0) is 63.2 Å². The highest BCUT2D eigenvalue weighted by Gasteiger charge is 2.35. The minimum atomic E-state index is -4.76. The van der Waals surface area contributed by atoms with Gasteiger partial charge in [-0.15, -0.1) is 0 Å². The molecule has 7 nitrogen and oxygen atoms in total. The number of alkyl halides is 3. The van der Waals surface area contributed by atoms with E-state index in [2.05, 4.69) is 5.32 Å². The summed E-state index contributed by atoms with van der Waals surface area (Å²) in [6, 6.07) is 12.9. The molecule has 13 heteroatoms. The molecule has 2 amide bonds. The van der Waals surface area contributed by atoms with Crippen molar-refractivity contribution in [2.45, 2.75) is 44.4 Å². The van der Waals surface area contributed by atoms with Gasteiger partial charge in [0.05, 0.1) is 16.1 Å². The predicted molar refractivity (Wildman–Crippen MR) is 152 cm³/mol. The van der Waals surface area contributed by atoms with Crippen LogP contribution in [0.5, 0.6) is 0 Å². The van der Waals surface area contributed by atoms with Gasteiger partial charge in [0.15, 0.2) is 0 Å². The number of amides is 2. The molecule has 0 aliphatic rings. The van der Waals surface area contributed by atoms with Crippen LogP contribution in [0.25, 0.3) is 0 Å². The van der Waals surface area contributed by atoms with E-state index in [4.69, 9.17) is 23.2 Å². The number of sulfonamides is 1. The fourth-order valence-corrected chi connectivity index (χ4v) is 5.88. The largest absolute Gasteiger partial charge is 0.416 e. The van der Waals surface area contributed by atoms with E-state index in [1.807, 2.05) is 0 Å². The topological polar surface area (TPSA) is 86.8 Å². The fraction of sp³-hybridized carbons (Fsp3) is 0.286. The van der Waals surface area contributed by atoms with E-state index in [0.29, 0.717) is 15.9 Å². The SMILES string of the molecule is CCNC(=O)C(C)N(Cc1c(Cl)cccc1Cl)C(=O)CN(c1cccc(C(F)(F)F)c1)S(=O)(=O)c1ccc(C)cc1. The highest BCUT2D eigenvalue weighted by atomic mass is 35.5. The number of nitrogens with zero attached hydrogens (tertiary/aromatic N) is 2. The second kappa shape index (κ2) is 13.1. The summed E-state index contributed by atoms with van der Waals surface area (Å²) in [6.07, 6.45) is -4.76. The van der Waals surface area contributed by atoms with Crippen molar-refractivity contribution in [2.24, 2.45) is 0 Å². The van der Waals surface area contributed by atoms with Gasteiger partial charge < -0.3 is 10.2 Å². The molecular formula is C28H28Cl2F3N3O4S. The number of nitrogens with one attached hydrogen (secondary N) is 1. The molecule has 0 saturated carbocycles. The van der Waals surface area contributed by atoms with Crippen molar-refractivity contribution in [3.8, 4) is 0 Å². The van der Waals surface area contributed by atoms with Crippen LogP contribution in [0.1, 0.15) is 30.5 Å². The Morgan fingerprint density at radius 2 is 1.56 bits per heavy atom. The molecule has 1 atom stereocenters. The number of rotatable bonds is 10. The molecule has 3 aromatic rings. The van der Waals surface area contributed by atoms with E-state index in [9.17, 15) is 31.2 Å². The second-order valence-electron chi connectivity index (χ2n) is 9.17. The molecule has 3 rings (SSSR count). The van der Waals surface area contributed by atoms with Crippen molar-refractivity contribution < 1.29 is 31.2 Å². The van der Waals surface area contributed by atoms with Gasteiger partial charge in [-0.1, -0.05) is 53.0 Å². The number of carbonyl (C=O) groups excluding carboxylic acids is 2. The maximum Gasteiger partial charge on any atom is 0.416 e. The van der Waals surface area contributed by atoms with Gasteiger partial charge in [0.1, 0.15) is 12.6 Å². The molecule has 220 valence electrons. The molecule has 0 spiro atoms. The maximum absolute atomic E-state index is 13.8. The van der Waals surface area contributed by atoms with E-state index >= 15 is 0 Å². The van der Waals surface area contributed by atoms with Gasteiger partial charge in [-0.2, -0.15) is 13.2 Å². The summed E-state index contributed by atoms with van der Waals surface area (Å²) in [7, 11) is -4.54. The van der Waals surface area contributed by atoms with Crippen molar-refractivity contribution >= 4 is 50.7 Å². The third-order valence-corrected chi connectivity index (χ3v) is 8.75. The summed E-state index contributed by atoms with van der Waals surface area (Å²) in [5.74, 6) is -1.40. The zero-order chi connectivity index (χ0) is 30.5. The first kappa shape index (κ1) is 32.2. The standard InChI is InChI=1S/C28H28Cl2F3N3O4S/c1-4-34-27(38)19(3)35(16-23-24(29)9-6-10-25(23)30)26(37)17-36(21-8-5-7-20(15-21)28(31,32)33)41(39,40)22-13-11-18(2)12-14-22/h5-15,19H,4,16-17H2,1-3H3,(H,34,38). The van der Waals surface area contributed by atoms with Crippen LogP contribution in [-0.2, 0) is 32.3 Å². The summed E-state index contributed by atoms with van der Waals surface area (Å²) in [5, 5.41) is 3.03. The van der Waals surface area contributed by atoms with Gasteiger partial charge in [-0.3, -0.25) is 13.9 Å². The summed E-state index contributed by atoms with van der Waals surface area (Å²) < 4.78 is 68.9. The molecule has 0 saturated heterocycles. The van der Waals surface area contributed by atoms with Crippen LogP contribution in [0, 0.1) is 6.92 Å². The summed E-state index contributed by atoms with van der Waals surface area (Å²) in [5.41, 5.74) is -0.409. The van der Waals surface area contributed by atoms with Crippen molar-refractivity contribution in [2.75, 3.05) is 17.4 Å². The Morgan fingerprint density at radius 3 is 2.12 bits per heavy atom. The van der Waals surface area contributed by atoms with Gasteiger partial charge >= 0.3 is 6.18 Å². The second-order valence-corrected chi connectivity index (χ2v) is 11.8. The first-order valence-electron chi connectivity index (χ1n) is 12.4. The van der Waals surface area contributed by atoms with Crippen LogP contribution < -0.4 is 9.62 Å². The molecule has 0 aromatic heterocycles. The number of hydrogen-bond donors (Lipinski definition) is 1. The number of halogens is 5. The molecule has 0 aliphatic heterocycles. The Labute approximate surface area is 246 Å². The van der Waals surface area contributed by atoms with Gasteiger partial charge in [0, 0.05) is 28.7 Å². The smallest absolute Gasteiger partial charge is 0.355 e. The van der Waals surface area contributed by atoms with Crippen LogP contribution >= 0.6 is 23.2 Å². The highest BCUT2D eigenvalue weighted by molar-refractivity contribution is 7.92. The molecule has 0 bridgehead atoms. The maximum atomic E-state index is 13.8. The lowest BCUT2D eigenvalue weighted by atomic mass is 10.1. The van der Waals surface area contributed by atoms with E-state index in [-0.39, 0.29) is 33.7 Å². The summed E-state index contributed by atoms with van der Waals surface area (Å²) in [6.45, 7) is 3.95. The Morgan fingerprint density at radius 1 is 0.976 bits per heavy atom. The molecule has 3 aromatic carbocycles. The van der Waals surface area contributed by atoms with E-state index < -0.39 is 46.2 Å². The number of carbonyl (C=O) groups is 2. The Bertz CT molecular complexity index is 1500. The number of hydrogen-bond acceptors (Lipinski definition) is 4. The lowest BCUT2D eigenvalue weighted by Crippen LogP contribution is -2.51. The van der Waals surface area contributed by atoms with Crippen molar-refractivity contribution in [3.63, 3.8) is 0 Å². The minimum absolute atomic E-state index is 0.209. The normalized spacial score (nSPS) is 12.5. The van der Waals surface area contributed by atoms with Crippen molar-refractivity contribution in [3.05, 3.63) is 93.5 Å². The Hall–Kier alpha value is -3.28. The molecular weight excluding hydrogens is 602 g/mol. The van der Waals surface area contributed by atoms with Crippen molar-refractivity contribution in [1.82, 2.24) is 10.2 Å². The zero-order valence-corrected chi connectivity index (χ0v) is 24.7. The number of likely N-dealkylation sites (N-methyl/N-ethyl adjacent to an activating group) is 1. The molecule has 1 N–H and O–H groups in total. The van der Waals surface area contributed by atoms with Gasteiger partial charge in [0.2, 0.25) is 11.8 Å². The first-order chi connectivity index (χ1) is 19.2. The fourth-order valence-electron chi connectivity index (χ4n) is 3.96. The molecule has 0 aliphatic carbocycles. The number of aryl methyl sites for hydroxylation is 1. The third-order valence-electron chi connectivity index (χ3n) is 6.26. The minimum Gasteiger partial charge on any atom is -0.355 e. The van der Waals surface area contributed by atoms with Gasteiger partial charge in [-0.25, -0.2) is 8.42 Å². The van der Waals surface area contributed by atoms with E-state index in [0.717, 1.165) is 28.7 Å². The van der Waals surface area contributed by atoms with E-state index in [1.54, 1.807) is 32.0 Å². The average molecular weight is 631 g/mol. The van der Waals surface area contributed by atoms with Crippen molar-refractivity contribution in [1.29, 1.82) is 0 Å². The third kappa shape index (κ3) is 7.72. The van der Waals surface area contributed by atoms with E-state index in [1.165, 1.54) is 31.2 Å². The zero-order valence-electron chi connectivity index (χ0n) is 22.4.